The van der Waals surface area contributed by atoms with Crippen molar-refractivity contribution in [3.63, 3.8) is 0 Å². The van der Waals surface area contributed by atoms with E-state index in [2.05, 4.69) is 62.5 Å². The number of amides is 1. The summed E-state index contributed by atoms with van der Waals surface area (Å²) in [6, 6.07) is 6.73. The fourth-order valence-corrected chi connectivity index (χ4v) is 4.15. The van der Waals surface area contributed by atoms with Crippen molar-refractivity contribution in [2.24, 2.45) is 5.92 Å². The lowest BCUT2D eigenvalue weighted by Crippen LogP contribution is -2.46. The molecule has 140 valence electrons. The summed E-state index contributed by atoms with van der Waals surface area (Å²) in [5.41, 5.74) is 4.97. The Labute approximate surface area is 157 Å². The monoisotopic (exact) mass is 353 g/mol. The first kappa shape index (κ1) is 18.8. The molecule has 1 unspecified atom stereocenters. The first-order valence-electron chi connectivity index (χ1n) is 9.90. The highest BCUT2D eigenvalue weighted by Gasteiger charge is 2.33. The second-order valence-electron chi connectivity index (χ2n) is 8.23. The van der Waals surface area contributed by atoms with Gasteiger partial charge in [0.25, 0.3) is 0 Å². The van der Waals surface area contributed by atoms with Gasteiger partial charge in [0, 0.05) is 0 Å². The molecule has 1 fully saturated rings. The fraction of sp³-hybridized carbons (Fsp3) is 0.522. The van der Waals surface area contributed by atoms with Gasteiger partial charge in [0.05, 0.1) is 5.54 Å². The van der Waals surface area contributed by atoms with E-state index in [4.69, 9.17) is 0 Å². The molecule has 0 spiro atoms. The molecule has 1 amide bonds. The van der Waals surface area contributed by atoms with Gasteiger partial charge in [-0.3, -0.25) is 0 Å². The van der Waals surface area contributed by atoms with Gasteiger partial charge in [-0.2, -0.15) is 0 Å². The molecule has 3 rings (SSSR count). The van der Waals surface area contributed by atoms with Crippen LogP contribution in [-0.2, 0) is 0 Å². The second kappa shape index (κ2) is 7.30. The molecule has 0 aromatic heterocycles. The Hall–Kier alpha value is -2.03. The van der Waals surface area contributed by atoms with Crippen LogP contribution in [0.25, 0.3) is 5.57 Å². The Morgan fingerprint density at radius 3 is 2.46 bits per heavy atom. The van der Waals surface area contributed by atoms with Gasteiger partial charge >= 0.3 is 6.09 Å². The minimum atomic E-state index is -0.959. The number of allylic oxidation sites excluding steroid dienone is 2. The number of hydrogen-bond donors (Lipinski definition) is 2. The van der Waals surface area contributed by atoms with E-state index in [1.165, 1.54) is 35.1 Å². The number of nitrogens with one attached hydrogen (secondary N) is 1. The molecular weight excluding hydrogens is 322 g/mol. The summed E-state index contributed by atoms with van der Waals surface area (Å²) >= 11 is 0. The highest BCUT2D eigenvalue weighted by molar-refractivity contribution is 5.81. The topological polar surface area (TPSA) is 49.3 Å². The van der Waals surface area contributed by atoms with Crippen molar-refractivity contribution >= 4 is 11.7 Å². The Balaban J connectivity index is 2.00. The molecule has 0 radical (unpaired) electrons. The Bertz CT molecular complexity index is 743. The number of carbonyl (C=O) groups is 1. The molecule has 1 aromatic rings. The molecule has 2 aliphatic carbocycles. The van der Waals surface area contributed by atoms with Crippen molar-refractivity contribution < 1.29 is 9.90 Å². The fourth-order valence-electron chi connectivity index (χ4n) is 4.15. The Morgan fingerprint density at radius 2 is 1.96 bits per heavy atom. The van der Waals surface area contributed by atoms with Crippen molar-refractivity contribution in [2.45, 2.75) is 70.8 Å². The zero-order valence-electron chi connectivity index (χ0n) is 16.4. The van der Waals surface area contributed by atoms with Gasteiger partial charge in [0.2, 0.25) is 0 Å². The summed E-state index contributed by atoms with van der Waals surface area (Å²) in [6.45, 7) is 8.89. The lowest BCUT2D eigenvalue weighted by atomic mass is 9.79. The molecule has 1 aromatic carbocycles. The molecular formula is C23H31NO2. The molecule has 2 atom stereocenters. The zero-order valence-corrected chi connectivity index (χ0v) is 16.4. The van der Waals surface area contributed by atoms with E-state index >= 15 is 0 Å². The summed E-state index contributed by atoms with van der Waals surface area (Å²) in [5.74, 6) is 1.85. The number of carboxylic acid groups (broad SMARTS) is 1. The molecule has 0 bridgehead atoms. The molecule has 3 heteroatoms. The first-order valence-corrected chi connectivity index (χ1v) is 9.90. The largest absolute Gasteiger partial charge is 0.465 e. The van der Waals surface area contributed by atoms with Crippen LogP contribution in [0, 0.1) is 5.92 Å². The molecule has 26 heavy (non-hydrogen) atoms. The van der Waals surface area contributed by atoms with E-state index in [-0.39, 0.29) is 0 Å². The van der Waals surface area contributed by atoms with Crippen LogP contribution in [0.2, 0.25) is 0 Å². The average molecular weight is 354 g/mol. The van der Waals surface area contributed by atoms with Crippen LogP contribution in [0.15, 0.2) is 36.4 Å². The summed E-state index contributed by atoms with van der Waals surface area (Å²) in [5, 5.41) is 11.9. The third-order valence-corrected chi connectivity index (χ3v) is 6.11. The summed E-state index contributed by atoms with van der Waals surface area (Å²) in [4.78, 5) is 11.2. The standard InChI is InChI=1S/C23H31NO2/c1-5-23(24-22(25)26)13-11-18(12-14-23)21-19(15(2)3)7-6-8-20(21)16(4)17-9-10-17/h6-8,11-13,15-17,24H,5,9-10,14H2,1-4H3,(H,25,26)/t16?,23-/m1/s1. The number of rotatable bonds is 6. The molecule has 2 N–H and O–H groups in total. The summed E-state index contributed by atoms with van der Waals surface area (Å²) in [7, 11) is 0. The van der Waals surface area contributed by atoms with Gasteiger partial charge in [-0.05, 0) is 65.7 Å². The minimum absolute atomic E-state index is 0.459. The molecule has 1 saturated carbocycles. The number of hydrogen-bond acceptors (Lipinski definition) is 1. The van der Waals surface area contributed by atoms with Gasteiger partial charge in [0.1, 0.15) is 0 Å². The van der Waals surface area contributed by atoms with E-state index in [9.17, 15) is 9.90 Å². The smallest absolute Gasteiger partial charge is 0.405 e. The molecule has 0 saturated heterocycles. The van der Waals surface area contributed by atoms with Gasteiger partial charge in [-0.25, -0.2) is 4.79 Å². The predicted molar refractivity (Wildman–Crippen MR) is 108 cm³/mol. The van der Waals surface area contributed by atoms with Crippen LogP contribution in [0.5, 0.6) is 0 Å². The van der Waals surface area contributed by atoms with Gasteiger partial charge in [-0.15, -0.1) is 0 Å². The predicted octanol–water partition coefficient (Wildman–Crippen LogP) is 6.08. The van der Waals surface area contributed by atoms with E-state index in [0.29, 0.717) is 18.3 Å². The van der Waals surface area contributed by atoms with Crippen molar-refractivity contribution in [3.05, 3.63) is 53.1 Å². The Kier molecular flexibility index (Phi) is 5.27. The van der Waals surface area contributed by atoms with Crippen LogP contribution < -0.4 is 5.32 Å². The third-order valence-electron chi connectivity index (χ3n) is 6.11. The number of benzene rings is 1. The van der Waals surface area contributed by atoms with E-state index in [0.717, 1.165) is 12.3 Å². The SMILES string of the molecule is CC[C@@]1(NC(=O)O)C=CC(c2c(C(C)C)cccc2C(C)C2CC2)=CC1. The van der Waals surface area contributed by atoms with E-state index in [1.807, 2.05) is 6.92 Å². The first-order chi connectivity index (χ1) is 12.4. The van der Waals surface area contributed by atoms with Gasteiger partial charge in [-0.1, -0.05) is 64.1 Å². The maximum atomic E-state index is 11.2. The Morgan fingerprint density at radius 1 is 1.27 bits per heavy atom. The van der Waals surface area contributed by atoms with Crippen molar-refractivity contribution in [1.82, 2.24) is 5.32 Å². The van der Waals surface area contributed by atoms with E-state index in [1.54, 1.807) is 0 Å². The minimum Gasteiger partial charge on any atom is -0.465 e. The molecule has 3 nitrogen and oxygen atoms in total. The van der Waals surface area contributed by atoms with Crippen molar-refractivity contribution in [1.29, 1.82) is 0 Å². The van der Waals surface area contributed by atoms with Crippen molar-refractivity contribution in [2.75, 3.05) is 0 Å². The highest BCUT2D eigenvalue weighted by atomic mass is 16.4. The lowest BCUT2D eigenvalue weighted by molar-refractivity contribution is 0.183. The summed E-state index contributed by atoms with van der Waals surface area (Å²) < 4.78 is 0. The quantitative estimate of drug-likeness (QED) is 0.651. The molecule has 0 heterocycles. The maximum absolute atomic E-state index is 11.2. The molecule has 2 aliphatic rings. The van der Waals surface area contributed by atoms with Crippen LogP contribution >= 0.6 is 0 Å². The normalized spacial score (nSPS) is 23.7. The average Bonchev–Trinajstić information content (AvgIpc) is 3.45. The van der Waals surface area contributed by atoms with Crippen LogP contribution in [0.4, 0.5) is 4.79 Å². The zero-order chi connectivity index (χ0) is 18.9. The molecule has 0 aliphatic heterocycles. The summed E-state index contributed by atoms with van der Waals surface area (Å²) in [6.07, 6.45) is 9.57. The van der Waals surface area contributed by atoms with E-state index < -0.39 is 11.6 Å². The van der Waals surface area contributed by atoms with Gasteiger partial charge in [0.15, 0.2) is 0 Å². The van der Waals surface area contributed by atoms with Crippen molar-refractivity contribution in [3.8, 4) is 0 Å². The second-order valence-corrected chi connectivity index (χ2v) is 8.23. The van der Waals surface area contributed by atoms with Crippen LogP contribution in [-0.4, -0.2) is 16.7 Å². The van der Waals surface area contributed by atoms with Crippen LogP contribution in [0.3, 0.4) is 0 Å². The maximum Gasteiger partial charge on any atom is 0.405 e. The van der Waals surface area contributed by atoms with Crippen LogP contribution in [0.1, 0.15) is 81.9 Å². The lowest BCUT2D eigenvalue weighted by Gasteiger charge is -2.32. The highest BCUT2D eigenvalue weighted by Crippen LogP contribution is 2.46. The third kappa shape index (κ3) is 3.72. The van der Waals surface area contributed by atoms with Gasteiger partial charge < -0.3 is 10.4 Å².